The minimum Gasteiger partial charge on any atom is -0.349 e. The molecule has 2 aromatic heterocycles. The number of pyridine rings is 1. The Bertz CT molecular complexity index is 1450. The summed E-state index contributed by atoms with van der Waals surface area (Å²) in [5.41, 5.74) is -0.178. The highest BCUT2D eigenvalue weighted by molar-refractivity contribution is 6.30. The molecule has 8 nitrogen and oxygen atoms in total. The fraction of sp³-hybridized carbons (Fsp3) is 0.393. The minimum absolute atomic E-state index is 0.0521. The standard InChI is InChI=1S/C28H26ClF3N6O2/c29-17-10-20(23(24(31)32)35-12-17)25(39)36-19-5-2-16(3-6-19)13-38-22-11-18(30)4-7-21(22)28(26(38)40)14-37(15-28)27-33-8-1-9-34-27/h1,4,7-12,16,19,24H,2-3,5-6,13-15H2,(H,36,39). The molecule has 1 saturated heterocycles. The van der Waals surface area contributed by atoms with Crippen molar-refractivity contribution in [2.75, 3.05) is 29.4 Å². The molecule has 0 unspecified atom stereocenters. The van der Waals surface area contributed by atoms with E-state index in [1.165, 1.54) is 18.2 Å². The summed E-state index contributed by atoms with van der Waals surface area (Å²) in [5, 5.41) is 2.94. The molecule has 0 atom stereocenters. The summed E-state index contributed by atoms with van der Waals surface area (Å²) in [5.74, 6) is -0.393. The third-order valence-electron chi connectivity index (χ3n) is 8.14. The number of nitrogens with one attached hydrogen (secondary N) is 1. The summed E-state index contributed by atoms with van der Waals surface area (Å²) < 4.78 is 41.0. The highest BCUT2D eigenvalue weighted by atomic mass is 35.5. The molecule has 1 aromatic carbocycles. The van der Waals surface area contributed by atoms with E-state index in [0.717, 1.165) is 11.8 Å². The van der Waals surface area contributed by atoms with Crippen molar-refractivity contribution in [1.82, 2.24) is 20.3 Å². The molecule has 12 heteroatoms. The van der Waals surface area contributed by atoms with E-state index >= 15 is 0 Å². The van der Waals surface area contributed by atoms with Crippen LogP contribution in [0, 0.1) is 11.7 Å². The SMILES string of the molecule is O=C(NC1CCC(CN2C(=O)C3(CN(c4ncccn4)C3)c3ccc(F)cc32)CC1)c1cc(Cl)cnc1C(F)F. The Balaban J connectivity index is 1.11. The average Bonchev–Trinajstić information content (AvgIpc) is 3.16. The number of hydrogen-bond acceptors (Lipinski definition) is 6. The second-order valence-corrected chi connectivity index (χ2v) is 11.1. The van der Waals surface area contributed by atoms with E-state index in [1.54, 1.807) is 29.4 Å². The molecule has 0 bridgehead atoms. The van der Waals surface area contributed by atoms with Gasteiger partial charge < -0.3 is 15.1 Å². The van der Waals surface area contributed by atoms with Gasteiger partial charge in [0.25, 0.3) is 12.3 Å². The molecular formula is C28H26ClF3N6O2. The number of aromatic nitrogens is 3. The van der Waals surface area contributed by atoms with E-state index in [-0.39, 0.29) is 28.5 Å². The van der Waals surface area contributed by atoms with Crippen LogP contribution in [0.15, 0.2) is 48.9 Å². The first-order valence-electron chi connectivity index (χ1n) is 13.1. The third kappa shape index (κ3) is 4.66. The van der Waals surface area contributed by atoms with Crippen LogP contribution in [0.5, 0.6) is 0 Å². The van der Waals surface area contributed by atoms with Gasteiger partial charge in [0.1, 0.15) is 16.9 Å². The average molecular weight is 571 g/mol. The van der Waals surface area contributed by atoms with E-state index in [9.17, 15) is 22.8 Å². The summed E-state index contributed by atoms with van der Waals surface area (Å²) in [6.07, 6.45) is 4.18. The van der Waals surface area contributed by atoms with Crippen LogP contribution >= 0.6 is 11.6 Å². The zero-order chi connectivity index (χ0) is 28.0. The molecule has 2 aliphatic heterocycles. The van der Waals surface area contributed by atoms with Gasteiger partial charge in [0.05, 0.1) is 16.3 Å². The van der Waals surface area contributed by atoms with Crippen LogP contribution in [0.4, 0.5) is 24.8 Å². The lowest BCUT2D eigenvalue weighted by Crippen LogP contribution is -2.64. The van der Waals surface area contributed by atoms with E-state index in [2.05, 4.69) is 20.3 Å². The van der Waals surface area contributed by atoms with E-state index in [1.807, 2.05) is 4.90 Å². The van der Waals surface area contributed by atoms with Crippen LogP contribution in [-0.2, 0) is 10.2 Å². The Hall–Kier alpha value is -3.73. The number of rotatable bonds is 6. The molecular weight excluding hydrogens is 545 g/mol. The van der Waals surface area contributed by atoms with Crippen molar-refractivity contribution < 1.29 is 22.8 Å². The number of carbonyl (C=O) groups is 2. The molecule has 1 saturated carbocycles. The summed E-state index contributed by atoms with van der Waals surface area (Å²) in [6, 6.07) is 7.25. The van der Waals surface area contributed by atoms with Crippen LogP contribution < -0.4 is 15.1 Å². The second-order valence-electron chi connectivity index (χ2n) is 10.6. The smallest absolute Gasteiger partial charge is 0.281 e. The fourth-order valence-electron chi connectivity index (χ4n) is 6.12. The maximum atomic E-state index is 14.3. The Morgan fingerprint density at radius 3 is 2.52 bits per heavy atom. The molecule has 40 heavy (non-hydrogen) atoms. The van der Waals surface area contributed by atoms with Crippen molar-refractivity contribution >= 4 is 35.1 Å². The first-order chi connectivity index (χ1) is 19.2. The second kappa shape index (κ2) is 10.3. The van der Waals surface area contributed by atoms with Crippen molar-refractivity contribution in [3.63, 3.8) is 0 Å². The molecule has 3 aliphatic rings. The first-order valence-corrected chi connectivity index (χ1v) is 13.5. The maximum Gasteiger partial charge on any atom is 0.281 e. The number of anilines is 2. The Morgan fingerprint density at radius 2 is 1.82 bits per heavy atom. The van der Waals surface area contributed by atoms with E-state index in [0.29, 0.717) is 57.0 Å². The van der Waals surface area contributed by atoms with Gasteiger partial charge in [-0.3, -0.25) is 14.6 Å². The van der Waals surface area contributed by atoms with Crippen LogP contribution in [0.2, 0.25) is 5.02 Å². The number of amides is 2. The van der Waals surface area contributed by atoms with Crippen molar-refractivity contribution in [2.45, 2.75) is 43.6 Å². The highest BCUT2D eigenvalue weighted by Crippen LogP contribution is 2.49. The number of nitrogens with zero attached hydrogens (tertiary/aromatic N) is 5. The Morgan fingerprint density at radius 1 is 1.10 bits per heavy atom. The summed E-state index contributed by atoms with van der Waals surface area (Å²) >= 11 is 5.89. The number of halogens is 4. The Kier molecular flexibility index (Phi) is 6.85. The maximum absolute atomic E-state index is 14.3. The normalized spacial score (nSPS) is 21.5. The van der Waals surface area contributed by atoms with Crippen molar-refractivity contribution in [3.05, 3.63) is 76.6 Å². The van der Waals surface area contributed by atoms with Crippen LogP contribution in [0.25, 0.3) is 0 Å². The summed E-state index contributed by atoms with van der Waals surface area (Å²) in [4.78, 5) is 42.4. The molecule has 1 N–H and O–H groups in total. The lowest BCUT2D eigenvalue weighted by atomic mass is 9.74. The van der Waals surface area contributed by atoms with Crippen LogP contribution in [0.1, 0.15) is 53.7 Å². The lowest BCUT2D eigenvalue weighted by molar-refractivity contribution is -0.124. The molecule has 208 valence electrons. The first kappa shape index (κ1) is 26.5. The predicted molar refractivity (Wildman–Crippen MR) is 142 cm³/mol. The number of carbonyl (C=O) groups excluding carboxylic acids is 2. The topological polar surface area (TPSA) is 91.3 Å². The van der Waals surface area contributed by atoms with Gasteiger partial charge in [-0.2, -0.15) is 0 Å². The molecule has 4 heterocycles. The van der Waals surface area contributed by atoms with Gasteiger partial charge in [-0.25, -0.2) is 23.1 Å². The predicted octanol–water partition coefficient (Wildman–Crippen LogP) is 4.70. The highest BCUT2D eigenvalue weighted by Gasteiger charge is 2.59. The van der Waals surface area contributed by atoms with Gasteiger partial charge in [0.15, 0.2) is 0 Å². The number of hydrogen-bond donors (Lipinski definition) is 1. The summed E-state index contributed by atoms with van der Waals surface area (Å²) in [6.45, 7) is 1.28. The zero-order valence-electron chi connectivity index (χ0n) is 21.4. The van der Waals surface area contributed by atoms with Gasteiger partial charge >= 0.3 is 0 Å². The minimum atomic E-state index is -2.90. The van der Waals surface area contributed by atoms with Crippen molar-refractivity contribution in [2.24, 2.45) is 5.92 Å². The van der Waals surface area contributed by atoms with Crippen molar-refractivity contribution in [3.8, 4) is 0 Å². The zero-order valence-corrected chi connectivity index (χ0v) is 22.1. The molecule has 3 aromatic rings. The number of fused-ring (bicyclic) bond motifs is 2. The van der Waals surface area contributed by atoms with Crippen molar-refractivity contribution in [1.29, 1.82) is 0 Å². The van der Waals surface area contributed by atoms with E-state index in [4.69, 9.17) is 11.6 Å². The van der Waals surface area contributed by atoms with Gasteiger partial charge in [0, 0.05) is 44.3 Å². The third-order valence-corrected chi connectivity index (χ3v) is 8.34. The van der Waals surface area contributed by atoms with E-state index < -0.39 is 29.3 Å². The van der Waals surface area contributed by atoms with Crippen LogP contribution in [0.3, 0.4) is 0 Å². The van der Waals surface area contributed by atoms with Gasteiger partial charge in [-0.05, 0) is 61.4 Å². The number of alkyl halides is 2. The van der Waals surface area contributed by atoms with Gasteiger partial charge in [-0.1, -0.05) is 17.7 Å². The molecule has 6 rings (SSSR count). The molecule has 2 amide bonds. The largest absolute Gasteiger partial charge is 0.349 e. The molecule has 2 fully saturated rings. The molecule has 0 radical (unpaired) electrons. The lowest BCUT2D eigenvalue weighted by Gasteiger charge is -2.46. The summed E-state index contributed by atoms with van der Waals surface area (Å²) in [7, 11) is 0. The quantitative estimate of drug-likeness (QED) is 0.462. The monoisotopic (exact) mass is 570 g/mol. The molecule has 1 aliphatic carbocycles. The van der Waals surface area contributed by atoms with Crippen LogP contribution in [-0.4, -0.2) is 52.4 Å². The Labute approximate surface area is 233 Å². The van der Waals surface area contributed by atoms with Gasteiger partial charge in [0.2, 0.25) is 11.9 Å². The number of benzene rings is 1. The molecule has 1 spiro atoms. The fourth-order valence-corrected chi connectivity index (χ4v) is 6.28. The van der Waals surface area contributed by atoms with Gasteiger partial charge in [-0.15, -0.1) is 0 Å².